The van der Waals surface area contributed by atoms with E-state index in [9.17, 15) is 14.4 Å². The Hall–Kier alpha value is -2.63. The Morgan fingerprint density at radius 1 is 1.22 bits per heavy atom. The summed E-state index contributed by atoms with van der Waals surface area (Å²) in [5, 5.41) is 2.70. The minimum absolute atomic E-state index is 0.0516. The molecule has 1 rings (SSSR count). The number of amides is 2. The Labute approximate surface area is 161 Å². The number of hydrogen-bond acceptors (Lipinski definition) is 4. The molecule has 1 atom stereocenters. The fourth-order valence-corrected chi connectivity index (χ4v) is 2.58. The molecular formula is C21H30N2O4. The average Bonchev–Trinajstić information content (AvgIpc) is 2.70. The first kappa shape index (κ1) is 22.4. The quantitative estimate of drug-likeness (QED) is 0.347. The third-order valence-corrected chi connectivity index (χ3v) is 4.32. The zero-order valence-electron chi connectivity index (χ0n) is 16.3. The molecule has 0 aliphatic carbocycles. The van der Waals surface area contributed by atoms with Crippen molar-refractivity contribution in [3.63, 3.8) is 0 Å². The maximum atomic E-state index is 12.5. The summed E-state index contributed by atoms with van der Waals surface area (Å²) < 4.78 is 5.32. The van der Waals surface area contributed by atoms with Crippen LogP contribution in [0, 0.1) is 5.92 Å². The van der Waals surface area contributed by atoms with Gasteiger partial charge in [-0.2, -0.15) is 0 Å². The molecule has 0 spiro atoms. The van der Waals surface area contributed by atoms with Gasteiger partial charge in [-0.25, -0.2) is 0 Å². The van der Waals surface area contributed by atoms with Gasteiger partial charge in [0.15, 0.2) is 0 Å². The van der Waals surface area contributed by atoms with E-state index in [0.29, 0.717) is 19.5 Å². The lowest BCUT2D eigenvalue weighted by molar-refractivity contribution is -0.149. The summed E-state index contributed by atoms with van der Waals surface area (Å²) in [6.07, 6.45) is 3.34. The highest BCUT2D eigenvalue weighted by Crippen LogP contribution is 2.17. The zero-order chi connectivity index (χ0) is 20.1. The monoisotopic (exact) mass is 374 g/mol. The van der Waals surface area contributed by atoms with Crippen LogP contribution in [0.1, 0.15) is 38.2 Å². The Balaban J connectivity index is 2.49. The van der Waals surface area contributed by atoms with Gasteiger partial charge in [0.25, 0.3) is 0 Å². The van der Waals surface area contributed by atoms with Crippen LogP contribution in [0.3, 0.4) is 0 Å². The summed E-state index contributed by atoms with van der Waals surface area (Å²) in [4.78, 5) is 37.5. The minimum atomic E-state index is -0.409. The van der Waals surface area contributed by atoms with Gasteiger partial charge in [0.1, 0.15) is 6.61 Å². The number of carbonyl (C=O) groups excluding carboxylic acids is 3. The van der Waals surface area contributed by atoms with Gasteiger partial charge in [-0.15, -0.1) is 0 Å². The SMILES string of the molecule is C=CC(=O)NCCCC[C@H](CC(=O)OCc1ccccc1)C(=O)N(C)CC. The smallest absolute Gasteiger partial charge is 0.306 e. The number of nitrogens with zero attached hydrogens (tertiary/aromatic N) is 1. The predicted octanol–water partition coefficient (Wildman–Crippen LogP) is 2.69. The third kappa shape index (κ3) is 9.03. The molecule has 0 heterocycles. The molecule has 0 saturated heterocycles. The number of carbonyl (C=O) groups is 3. The lowest BCUT2D eigenvalue weighted by Gasteiger charge is -2.22. The molecule has 0 radical (unpaired) electrons. The van der Waals surface area contributed by atoms with Gasteiger partial charge in [-0.3, -0.25) is 14.4 Å². The summed E-state index contributed by atoms with van der Waals surface area (Å²) in [6, 6.07) is 9.45. The molecule has 0 bridgehead atoms. The highest BCUT2D eigenvalue weighted by molar-refractivity contribution is 5.86. The first-order valence-corrected chi connectivity index (χ1v) is 9.32. The van der Waals surface area contributed by atoms with E-state index >= 15 is 0 Å². The number of rotatable bonds is 12. The van der Waals surface area contributed by atoms with Gasteiger partial charge in [0.2, 0.25) is 11.8 Å². The standard InChI is InChI=1S/C21H30N2O4/c1-4-19(24)22-14-10-9-13-18(21(26)23(3)5-2)15-20(25)27-16-17-11-7-6-8-12-17/h4,6-8,11-12,18H,1,5,9-10,13-16H2,2-3H3,(H,22,24)/t18-/m1/s1. The van der Waals surface area contributed by atoms with Crippen molar-refractivity contribution < 1.29 is 19.1 Å². The number of esters is 1. The van der Waals surface area contributed by atoms with E-state index < -0.39 is 5.92 Å². The van der Waals surface area contributed by atoms with Crippen molar-refractivity contribution >= 4 is 17.8 Å². The molecule has 27 heavy (non-hydrogen) atoms. The van der Waals surface area contributed by atoms with Crippen LogP contribution in [-0.2, 0) is 25.7 Å². The molecule has 0 aromatic heterocycles. The molecule has 0 fully saturated rings. The van der Waals surface area contributed by atoms with E-state index in [0.717, 1.165) is 18.4 Å². The summed E-state index contributed by atoms with van der Waals surface area (Å²) in [5.74, 6) is -1.04. The van der Waals surface area contributed by atoms with Crippen molar-refractivity contribution in [1.82, 2.24) is 10.2 Å². The van der Waals surface area contributed by atoms with E-state index in [1.807, 2.05) is 37.3 Å². The van der Waals surface area contributed by atoms with Crippen LogP contribution in [0.4, 0.5) is 0 Å². The molecule has 1 aromatic rings. The maximum Gasteiger partial charge on any atom is 0.306 e. The van der Waals surface area contributed by atoms with Crippen LogP contribution in [0.15, 0.2) is 43.0 Å². The number of ether oxygens (including phenoxy) is 1. The summed E-state index contributed by atoms with van der Waals surface area (Å²) in [5.41, 5.74) is 0.914. The van der Waals surface area contributed by atoms with Gasteiger partial charge in [0, 0.05) is 26.1 Å². The molecular weight excluding hydrogens is 344 g/mol. The van der Waals surface area contributed by atoms with Crippen LogP contribution >= 0.6 is 0 Å². The van der Waals surface area contributed by atoms with Crippen LogP contribution in [-0.4, -0.2) is 42.8 Å². The van der Waals surface area contributed by atoms with Crippen molar-refractivity contribution in [1.29, 1.82) is 0 Å². The number of hydrogen-bond donors (Lipinski definition) is 1. The first-order chi connectivity index (χ1) is 13.0. The van der Waals surface area contributed by atoms with Crippen LogP contribution in [0.25, 0.3) is 0 Å². The lowest BCUT2D eigenvalue weighted by Crippen LogP contribution is -2.34. The van der Waals surface area contributed by atoms with Crippen molar-refractivity contribution in [3.8, 4) is 0 Å². The van der Waals surface area contributed by atoms with E-state index in [2.05, 4.69) is 11.9 Å². The second kappa shape index (κ2) is 12.7. The largest absolute Gasteiger partial charge is 0.461 e. The molecule has 0 aliphatic rings. The molecule has 0 unspecified atom stereocenters. The van der Waals surface area contributed by atoms with Crippen LogP contribution in [0.5, 0.6) is 0 Å². The molecule has 1 N–H and O–H groups in total. The predicted molar refractivity (Wildman–Crippen MR) is 105 cm³/mol. The molecule has 2 amide bonds. The summed E-state index contributed by atoms with van der Waals surface area (Å²) in [6.45, 7) is 6.61. The maximum absolute atomic E-state index is 12.5. The molecule has 0 aliphatic heterocycles. The number of benzene rings is 1. The van der Waals surface area contributed by atoms with Gasteiger partial charge < -0.3 is 15.0 Å². The summed E-state index contributed by atoms with van der Waals surface area (Å²) >= 11 is 0. The average molecular weight is 374 g/mol. The summed E-state index contributed by atoms with van der Waals surface area (Å²) in [7, 11) is 1.73. The lowest BCUT2D eigenvalue weighted by atomic mass is 9.96. The van der Waals surface area contributed by atoms with E-state index in [-0.39, 0.29) is 30.8 Å². The Morgan fingerprint density at radius 3 is 2.56 bits per heavy atom. The van der Waals surface area contributed by atoms with Crippen molar-refractivity contribution in [3.05, 3.63) is 48.6 Å². The molecule has 1 aromatic carbocycles. The minimum Gasteiger partial charge on any atom is -0.461 e. The second-order valence-electron chi connectivity index (χ2n) is 6.39. The Morgan fingerprint density at radius 2 is 1.93 bits per heavy atom. The zero-order valence-corrected chi connectivity index (χ0v) is 16.3. The normalized spacial score (nSPS) is 11.3. The van der Waals surface area contributed by atoms with Crippen molar-refractivity contribution in [2.45, 2.75) is 39.2 Å². The van der Waals surface area contributed by atoms with E-state index in [4.69, 9.17) is 4.74 Å². The highest BCUT2D eigenvalue weighted by Gasteiger charge is 2.24. The fraction of sp³-hybridized carbons (Fsp3) is 0.476. The van der Waals surface area contributed by atoms with Crippen molar-refractivity contribution in [2.75, 3.05) is 20.1 Å². The topological polar surface area (TPSA) is 75.7 Å². The van der Waals surface area contributed by atoms with Crippen LogP contribution in [0.2, 0.25) is 0 Å². The molecule has 148 valence electrons. The molecule has 6 nitrogen and oxygen atoms in total. The highest BCUT2D eigenvalue weighted by atomic mass is 16.5. The second-order valence-corrected chi connectivity index (χ2v) is 6.39. The molecule has 6 heteroatoms. The fourth-order valence-electron chi connectivity index (χ4n) is 2.58. The van der Waals surface area contributed by atoms with Gasteiger partial charge in [-0.1, -0.05) is 43.3 Å². The van der Waals surface area contributed by atoms with Gasteiger partial charge >= 0.3 is 5.97 Å². The van der Waals surface area contributed by atoms with E-state index in [1.54, 1.807) is 11.9 Å². The van der Waals surface area contributed by atoms with Gasteiger partial charge in [0.05, 0.1) is 6.42 Å². The van der Waals surface area contributed by atoms with E-state index in [1.165, 1.54) is 6.08 Å². The van der Waals surface area contributed by atoms with Crippen molar-refractivity contribution in [2.24, 2.45) is 5.92 Å². The Kier molecular flexibility index (Phi) is 10.5. The third-order valence-electron chi connectivity index (χ3n) is 4.32. The first-order valence-electron chi connectivity index (χ1n) is 9.32. The Bertz CT molecular complexity index is 616. The molecule has 0 saturated carbocycles. The number of unbranched alkanes of at least 4 members (excludes halogenated alkanes) is 1. The number of nitrogens with one attached hydrogen (secondary N) is 1. The van der Waals surface area contributed by atoms with Gasteiger partial charge in [-0.05, 0) is 31.4 Å². The van der Waals surface area contributed by atoms with Crippen LogP contribution < -0.4 is 5.32 Å².